The van der Waals surface area contributed by atoms with E-state index in [1.165, 1.54) is 43.3 Å². The summed E-state index contributed by atoms with van der Waals surface area (Å²) in [6.45, 7) is 1.43. The number of imidazole rings is 1. The molecule has 0 aliphatic carbocycles. The van der Waals surface area contributed by atoms with Crippen molar-refractivity contribution < 1.29 is 22.7 Å². The monoisotopic (exact) mass is 526 g/mol. The van der Waals surface area contributed by atoms with Gasteiger partial charge in [0.1, 0.15) is 5.82 Å². The third kappa shape index (κ3) is 6.03. The number of hydrogen-bond donors (Lipinski definition) is 3. The Bertz CT molecular complexity index is 1460. The van der Waals surface area contributed by atoms with Crippen LogP contribution in [-0.2, 0) is 19.6 Å². The maximum Gasteiger partial charge on any atom is 0.338 e. The molecular weight excluding hydrogens is 508 g/mol. The number of ether oxygens (including phenoxy) is 1. The number of rotatable bonds is 8. The van der Waals surface area contributed by atoms with Gasteiger partial charge in [-0.25, -0.2) is 18.2 Å². The quantitative estimate of drug-likeness (QED) is 0.294. The highest BCUT2D eigenvalue weighted by Gasteiger charge is 2.20. The topological polar surface area (TPSA) is 156 Å². The van der Waals surface area contributed by atoms with E-state index in [2.05, 4.69) is 30.2 Å². The molecule has 2 aromatic heterocycles. The second-order valence-corrected chi connectivity index (χ2v) is 9.49. The van der Waals surface area contributed by atoms with Gasteiger partial charge in [0.25, 0.3) is 15.9 Å². The van der Waals surface area contributed by atoms with Gasteiger partial charge in [-0.2, -0.15) is 0 Å². The fourth-order valence-electron chi connectivity index (χ4n) is 3.00. The number of aromatic nitrogens is 4. The van der Waals surface area contributed by atoms with Crippen LogP contribution in [0.3, 0.4) is 0 Å². The zero-order valence-corrected chi connectivity index (χ0v) is 20.2. The summed E-state index contributed by atoms with van der Waals surface area (Å²) in [6.07, 6.45) is 2.21. The van der Waals surface area contributed by atoms with Gasteiger partial charge >= 0.3 is 5.97 Å². The smallest absolute Gasteiger partial charge is 0.338 e. The van der Waals surface area contributed by atoms with Gasteiger partial charge in [0.15, 0.2) is 17.1 Å². The molecule has 1 amide bonds. The number of benzene rings is 2. The number of nitrogens with zero attached hydrogens (tertiary/aromatic N) is 3. The molecule has 4 rings (SSSR count). The molecule has 0 aliphatic heterocycles. The molecule has 0 radical (unpaired) electrons. The van der Waals surface area contributed by atoms with E-state index in [9.17, 15) is 18.0 Å². The highest BCUT2D eigenvalue weighted by Crippen LogP contribution is 2.19. The highest BCUT2D eigenvalue weighted by molar-refractivity contribution is 7.92. The number of hydrogen-bond acceptors (Lipinski definition) is 8. The highest BCUT2D eigenvalue weighted by atomic mass is 35.5. The first-order chi connectivity index (χ1) is 17.2. The lowest BCUT2D eigenvalue weighted by Crippen LogP contribution is -2.30. The number of nitrogens with one attached hydrogen (secondary N) is 3. The predicted octanol–water partition coefficient (Wildman–Crippen LogP) is 3.50. The van der Waals surface area contributed by atoms with Crippen LogP contribution in [0.1, 0.15) is 17.3 Å². The van der Waals surface area contributed by atoms with E-state index in [1.807, 2.05) is 0 Å². The van der Waals surface area contributed by atoms with Crippen LogP contribution in [0.4, 0.5) is 11.5 Å². The lowest BCUT2D eigenvalue weighted by atomic mass is 10.1. The largest absolute Gasteiger partial charge is 0.449 e. The minimum absolute atomic E-state index is 0.00280. The third-order valence-corrected chi connectivity index (χ3v) is 6.42. The van der Waals surface area contributed by atoms with E-state index in [4.69, 9.17) is 16.3 Å². The summed E-state index contributed by atoms with van der Waals surface area (Å²) in [5.74, 6) is -0.582. The predicted molar refractivity (Wildman–Crippen MR) is 132 cm³/mol. The molecule has 0 saturated heterocycles. The second kappa shape index (κ2) is 10.5. The molecule has 0 spiro atoms. The molecule has 184 valence electrons. The number of anilines is 2. The first-order valence-electron chi connectivity index (χ1n) is 10.4. The van der Waals surface area contributed by atoms with E-state index in [0.29, 0.717) is 11.5 Å². The van der Waals surface area contributed by atoms with Crippen LogP contribution in [0.15, 0.2) is 78.0 Å². The van der Waals surface area contributed by atoms with Gasteiger partial charge in [0.2, 0.25) is 0 Å². The van der Waals surface area contributed by atoms with Crippen molar-refractivity contribution in [1.82, 2.24) is 20.2 Å². The molecule has 0 fully saturated rings. The van der Waals surface area contributed by atoms with Crippen LogP contribution in [0.2, 0.25) is 5.15 Å². The maximum absolute atomic E-state index is 12.5. The number of aromatic amines is 1. The van der Waals surface area contributed by atoms with Crippen molar-refractivity contribution in [2.24, 2.45) is 0 Å². The minimum atomic E-state index is -3.94. The van der Waals surface area contributed by atoms with Crippen molar-refractivity contribution in [1.29, 1.82) is 0 Å². The van der Waals surface area contributed by atoms with E-state index < -0.39 is 28.0 Å². The van der Waals surface area contributed by atoms with E-state index in [1.54, 1.807) is 36.7 Å². The lowest BCUT2D eigenvalue weighted by Gasteiger charge is -2.14. The first-order valence-corrected chi connectivity index (χ1v) is 12.3. The number of carbonyl (C=O) groups is 2. The van der Waals surface area contributed by atoms with E-state index >= 15 is 0 Å². The molecule has 2 heterocycles. The standard InChI is InChI=1S/C23H19ClN6O5S/c1-14(35-23(32)16-4-2-15(3-5-16)21-25-12-13-26-21)22(31)27-17-6-8-18(9-7-17)36(33,34)30-20-11-10-19(24)28-29-20/h2-14H,1H3,(H,25,26)(H,27,31)(H,29,30). The van der Waals surface area contributed by atoms with Crippen LogP contribution in [0.5, 0.6) is 0 Å². The molecule has 2 aromatic carbocycles. The van der Waals surface area contributed by atoms with Crippen molar-refractivity contribution in [3.05, 3.63) is 83.8 Å². The molecule has 1 atom stereocenters. The van der Waals surface area contributed by atoms with Crippen molar-refractivity contribution >= 4 is 45.0 Å². The summed E-state index contributed by atoms with van der Waals surface area (Å²) in [6, 6.07) is 14.8. The molecule has 0 bridgehead atoms. The molecular formula is C23H19ClN6O5S. The Morgan fingerprint density at radius 1 is 1.00 bits per heavy atom. The van der Waals surface area contributed by atoms with Gasteiger partial charge in [-0.05, 0) is 55.5 Å². The van der Waals surface area contributed by atoms with Gasteiger partial charge in [0.05, 0.1) is 10.5 Å². The Balaban J connectivity index is 1.33. The van der Waals surface area contributed by atoms with Gasteiger partial charge in [0, 0.05) is 23.6 Å². The Morgan fingerprint density at radius 2 is 1.72 bits per heavy atom. The molecule has 1 unspecified atom stereocenters. The van der Waals surface area contributed by atoms with Gasteiger partial charge < -0.3 is 15.0 Å². The van der Waals surface area contributed by atoms with E-state index in [-0.39, 0.29) is 21.4 Å². The molecule has 36 heavy (non-hydrogen) atoms. The second-order valence-electron chi connectivity index (χ2n) is 7.42. The number of carbonyl (C=O) groups excluding carboxylic acids is 2. The van der Waals surface area contributed by atoms with Crippen LogP contribution in [0, 0.1) is 0 Å². The van der Waals surface area contributed by atoms with E-state index in [0.717, 1.165) is 5.56 Å². The minimum Gasteiger partial charge on any atom is -0.449 e. The zero-order valence-electron chi connectivity index (χ0n) is 18.7. The Kier molecular flexibility index (Phi) is 7.27. The van der Waals surface area contributed by atoms with Crippen LogP contribution in [-0.4, -0.2) is 46.6 Å². The van der Waals surface area contributed by atoms with Crippen molar-refractivity contribution in [3.8, 4) is 11.4 Å². The average molecular weight is 527 g/mol. The maximum atomic E-state index is 12.5. The summed E-state index contributed by atoms with van der Waals surface area (Å²) in [5, 5.41) is 9.93. The number of esters is 1. The normalized spacial score (nSPS) is 11.9. The SMILES string of the molecule is CC(OC(=O)c1ccc(-c2ncc[nH]2)cc1)C(=O)Nc1ccc(S(=O)(=O)Nc2ccc(Cl)nn2)cc1. The third-order valence-electron chi connectivity index (χ3n) is 4.85. The van der Waals surface area contributed by atoms with Crippen molar-refractivity contribution in [3.63, 3.8) is 0 Å². The molecule has 4 aromatic rings. The van der Waals surface area contributed by atoms with Crippen LogP contribution >= 0.6 is 11.6 Å². The fraction of sp³-hybridized carbons (Fsp3) is 0.0870. The summed E-state index contributed by atoms with van der Waals surface area (Å²) in [7, 11) is -3.94. The summed E-state index contributed by atoms with van der Waals surface area (Å²) >= 11 is 5.65. The summed E-state index contributed by atoms with van der Waals surface area (Å²) < 4.78 is 32.6. The van der Waals surface area contributed by atoms with Gasteiger partial charge in [-0.15, -0.1) is 10.2 Å². The van der Waals surface area contributed by atoms with Crippen molar-refractivity contribution in [2.75, 3.05) is 10.0 Å². The van der Waals surface area contributed by atoms with Crippen LogP contribution < -0.4 is 10.0 Å². The number of H-pyrrole nitrogens is 1. The molecule has 13 heteroatoms. The number of amides is 1. The van der Waals surface area contributed by atoms with Gasteiger partial charge in [-0.3, -0.25) is 9.52 Å². The zero-order chi connectivity index (χ0) is 25.7. The summed E-state index contributed by atoms with van der Waals surface area (Å²) in [5.41, 5.74) is 1.39. The van der Waals surface area contributed by atoms with Crippen LogP contribution in [0.25, 0.3) is 11.4 Å². The Morgan fingerprint density at radius 3 is 2.33 bits per heavy atom. The summed E-state index contributed by atoms with van der Waals surface area (Å²) in [4.78, 5) is 32.0. The fourth-order valence-corrected chi connectivity index (χ4v) is 4.09. The lowest BCUT2D eigenvalue weighted by molar-refractivity contribution is -0.123. The molecule has 0 saturated carbocycles. The number of halogens is 1. The van der Waals surface area contributed by atoms with Gasteiger partial charge in [-0.1, -0.05) is 23.7 Å². The Labute approximate surface area is 210 Å². The molecule has 3 N–H and O–H groups in total. The first kappa shape index (κ1) is 24.8. The van der Waals surface area contributed by atoms with Crippen molar-refractivity contribution in [2.45, 2.75) is 17.9 Å². The molecule has 0 aliphatic rings. The average Bonchev–Trinajstić information content (AvgIpc) is 3.41. The molecule has 11 nitrogen and oxygen atoms in total. The Hall–Kier alpha value is -4.29. The number of sulfonamides is 1.